The van der Waals surface area contributed by atoms with Crippen molar-refractivity contribution < 1.29 is 43.0 Å². The van der Waals surface area contributed by atoms with E-state index in [0.29, 0.717) is 19.3 Å². The normalized spacial score (nSPS) is 13.7. The molecule has 0 unspecified atom stereocenters. The van der Waals surface area contributed by atoms with Crippen LogP contribution in [0.25, 0.3) is 0 Å². The van der Waals surface area contributed by atoms with Crippen molar-refractivity contribution in [2.45, 2.75) is 187 Å². The van der Waals surface area contributed by atoms with Gasteiger partial charge in [-0.3, -0.25) is 14.1 Å². The summed E-state index contributed by atoms with van der Waals surface area (Å²) in [6.07, 6.45) is 44.6. The van der Waals surface area contributed by atoms with E-state index in [1.807, 2.05) is 19.1 Å². The number of esters is 2. The molecule has 306 valence electrons. The first-order valence-electron chi connectivity index (χ1n) is 20.7. The van der Waals surface area contributed by atoms with E-state index in [0.717, 1.165) is 64.2 Å². The summed E-state index contributed by atoms with van der Waals surface area (Å²) in [4.78, 5) is 42.8. The van der Waals surface area contributed by atoms with E-state index in [1.165, 1.54) is 64.2 Å². The molecule has 0 aliphatic heterocycles. The zero-order chi connectivity index (χ0) is 39.1. The zero-order valence-electron chi connectivity index (χ0n) is 33.3. The van der Waals surface area contributed by atoms with Gasteiger partial charge in [0, 0.05) is 12.8 Å². The lowest BCUT2D eigenvalue weighted by Crippen LogP contribution is -2.29. The van der Waals surface area contributed by atoms with Crippen LogP contribution in [0.2, 0.25) is 0 Å². The Morgan fingerprint density at radius 2 is 1.02 bits per heavy atom. The van der Waals surface area contributed by atoms with Gasteiger partial charge in [-0.2, -0.15) is 0 Å². The number of aliphatic hydroxyl groups is 1. The van der Waals surface area contributed by atoms with E-state index in [4.69, 9.17) is 19.3 Å². The number of unbranched alkanes of at least 4 members (excludes halogenated alkanes) is 14. The molecule has 0 heterocycles. The SMILES string of the molecule is CCCCCCCC/C=C\CCCCCCCCCC(=O)OC[C@H](COP(=O)(O)O)OC(=O)CCC/C=C\C/C=C\C/C=C\C/C=C\CC[C@H](O)CC. The maximum absolute atomic E-state index is 12.4. The Bertz CT molecular complexity index is 1060. The quantitative estimate of drug-likeness (QED) is 0.0244. The van der Waals surface area contributed by atoms with Crippen molar-refractivity contribution >= 4 is 19.8 Å². The molecular formula is C43H75O9P. The minimum absolute atomic E-state index is 0.120. The van der Waals surface area contributed by atoms with E-state index in [2.05, 4.69) is 60.1 Å². The second kappa shape index (κ2) is 38.0. The molecule has 2 atom stereocenters. The summed E-state index contributed by atoms with van der Waals surface area (Å²) in [5, 5.41) is 9.54. The molecular weight excluding hydrogens is 691 g/mol. The van der Waals surface area contributed by atoms with Gasteiger partial charge < -0.3 is 24.4 Å². The third-order valence-electron chi connectivity index (χ3n) is 8.67. The first kappa shape index (κ1) is 50.7. The van der Waals surface area contributed by atoms with Crippen LogP contribution in [0.5, 0.6) is 0 Å². The summed E-state index contributed by atoms with van der Waals surface area (Å²) in [5.74, 6) is -0.976. The van der Waals surface area contributed by atoms with Gasteiger partial charge in [-0.1, -0.05) is 139 Å². The highest BCUT2D eigenvalue weighted by Gasteiger charge is 2.22. The molecule has 0 fully saturated rings. The fourth-order valence-corrected chi connectivity index (χ4v) is 5.76. The van der Waals surface area contributed by atoms with E-state index in [1.54, 1.807) is 0 Å². The average molecular weight is 767 g/mol. The van der Waals surface area contributed by atoms with Gasteiger partial charge in [-0.25, -0.2) is 4.57 Å². The van der Waals surface area contributed by atoms with Gasteiger partial charge in [0.2, 0.25) is 0 Å². The van der Waals surface area contributed by atoms with Crippen LogP contribution >= 0.6 is 7.82 Å². The number of carbonyl (C=O) groups is 2. The van der Waals surface area contributed by atoms with E-state index >= 15 is 0 Å². The lowest BCUT2D eigenvalue weighted by atomic mass is 10.1. The molecule has 0 saturated carbocycles. The fourth-order valence-electron chi connectivity index (χ4n) is 5.40. The molecule has 0 aromatic rings. The number of hydrogen-bond donors (Lipinski definition) is 3. The molecule has 0 rings (SSSR count). The summed E-state index contributed by atoms with van der Waals surface area (Å²) in [6, 6.07) is 0. The van der Waals surface area contributed by atoms with Crippen molar-refractivity contribution in [1.29, 1.82) is 0 Å². The number of rotatable bonds is 37. The van der Waals surface area contributed by atoms with Gasteiger partial charge in [0.25, 0.3) is 0 Å². The first-order chi connectivity index (χ1) is 25.7. The van der Waals surface area contributed by atoms with Crippen molar-refractivity contribution in [2.24, 2.45) is 0 Å². The zero-order valence-corrected chi connectivity index (χ0v) is 34.2. The van der Waals surface area contributed by atoms with Crippen LogP contribution in [0.1, 0.15) is 174 Å². The largest absolute Gasteiger partial charge is 0.469 e. The summed E-state index contributed by atoms with van der Waals surface area (Å²) in [7, 11) is -4.78. The maximum atomic E-state index is 12.4. The summed E-state index contributed by atoms with van der Waals surface area (Å²) >= 11 is 0. The second-order valence-electron chi connectivity index (χ2n) is 13.7. The van der Waals surface area contributed by atoms with Crippen LogP contribution in [0.3, 0.4) is 0 Å². The highest BCUT2D eigenvalue weighted by Crippen LogP contribution is 2.36. The first-order valence-corrected chi connectivity index (χ1v) is 22.2. The molecule has 53 heavy (non-hydrogen) atoms. The summed E-state index contributed by atoms with van der Waals surface area (Å²) in [5.41, 5.74) is 0. The third kappa shape index (κ3) is 40.7. The van der Waals surface area contributed by atoms with Crippen LogP contribution in [-0.2, 0) is 28.2 Å². The number of hydrogen-bond acceptors (Lipinski definition) is 7. The molecule has 0 aromatic carbocycles. The van der Waals surface area contributed by atoms with Crippen molar-refractivity contribution in [3.63, 3.8) is 0 Å². The van der Waals surface area contributed by atoms with Crippen LogP contribution in [-0.4, -0.2) is 52.3 Å². The van der Waals surface area contributed by atoms with Crippen molar-refractivity contribution in [3.8, 4) is 0 Å². The van der Waals surface area contributed by atoms with Crippen LogP contribution < -0.4 is 0 Å². The molecule has 0 aromatic heterocycles. The minimum Gasteiger partial charge on any atom is -0.462 e. The second-order valence-corrected chi connectivity index (χ2v) is 15.0. The predicted molar refractivity (Wildman–Crippen MR) is 217 cm³/mol. The lowest BCUT2D eigenvalue weighted by Gasteiger charge is -2.18. The summed E-state index contributed by atoms with van der Waals surface area (Å²) < 4.78 is 26.3. The van der Waals surface area contributed by atoms with E-state index < -0.39 is 32.5 Å². The average Bonchev–Trinajstić information content (AvgIpc) is 3.13. The van der Waals surface area contributed by atoms with Crippen molar-refractivity contribution in [3.05, 3.63) is 60.8 Å². The number of carbonyl (C=O) groups excluding carboxylic acids is 2. The molecule has 10 heteroatoms. The fraction of sp³-hybridized carbons (Fsp3) is 0.721. The van der Waals surface area contributed by atoms with Gasteiger partial charge in [-0.15, -0.1) is 0 Å². The van der Waals surface area contributed by atoms with Gasteiger partial charge in [0.15, 0.2) is 6.10 Å². The Kier molecular flexibility index (Phi) is 36.4. The van der Waals surface area contributed by atoms with Crippen LogP contribution in [0.4, 0.5) is 0 Å². The molecule has 0 saturated heterocycles. The number of phosphoric acid groups is 1. The van der Waals surface area contributed by atoms with Gasteiger partial charge >= 0.3 is 19.8 Å². The molecule has 0 radical (unpaired) electrons. The minimum atomic E-state index is -4.78. The highest BCUT2D eigenvalue weighted by molar-refractivity contribution is 7.46. The maximum Gasteiger partial charge on any atom is 0.469 e. The summed E-state index contributed by atoms with van der Waals surface area (Å²) in [6.45, 7) is 3.35. The van der Waals surface area contributed by atoms with Crippen molar-refractivity contribution in [1.82, 2.24) is 0 Å². The predicted octanol–water partition coefficient (Wildman–Crippen LogP) is 11.5. The molecule has 0 spiro atoms. The van der Waals surface area contributed by atoms with Gasteiger partial charge in [-0.05, 0) is 83.5 Å². The molecule has 0 aliphatic carbocycles. The van der Waals surface area contributed by atoms with Gasteiger partial charge in [0.1, 0.15) is 6.61 Å². The molecule has 0 aliphatic rings. The van der Waals surface area contributed by atoms with Crippen LogP contribution in [0.15, 0.2) is 60.8 Å². The monoisotopic (exact) mass is 767 g/mol. The third-order valence-corrected chi connectivity index (χ3v) is 9.16. The van der Waals surface area contributed by atoms with E-state index in [-0.39, 0.29) is 25.6 Å². The standard InChI is InChI=1S/C43H75O9P/c1-3-5-6-7-8-9-10-11-12-13-14-18-21-24-27-30-33-36-42(45)50-38-41(39-51-53(47,48)49)52-43(46)37-34-31-28-25-22-19-16-15-17-20-23-26-29-32-35-40(44)4-2/h11-12,16-17,19-20,25-26,28-29,40-41,44H,3-10,13-15,18,21-24,27,30-39H2,1-2H3,(H2,47,48,49)/b12-11-,19-16-,20-17-,28-25-,29-26-/t40-,41-/m1/s1. The Morgan fingerprint density at radius 3 is 1.57 bits per heavy atom. The number of phosphoric ester groups is 1. The number of allylic oxidation sites excluding steroid dienone is 10. The van der Waals surface area contributed by atoms with E-state index in [9.17, 15) is 19.3 Å². The Labute approximate surface area is 322 Å². The molecule has 3 N–H and O–H groups in total. The topological polar surface area (TPSA) is 140 Å². The Morgan fingerprint density at radius 1 is 0.566 bits per heavy atom. The van der Waals surface area contributed by atoms with Crippen LogP contribution in [0, 0.1) is 0 Å². The molecule has 9 nitrogen and oxygen atoms in total. The smallest absolute Gasteiger partial charge is 0.462 e. The lowest BCUT2D eigenvalue weighted by molar-refractivity contribution is -0.161. The molecule has 0 amide bonds. The Balaban J connectivity index is 4.05. The Hall–Kier alpha value is -2.29. The highest BCUT2D eigenvalue weighted by atomic mass is 31.2. The van der Waals surface area contributed by atoms with Crippen molar-refractivity contribution in [2.75, 3.05) is 13.2 Å². The van der Waals surface area contributed by atoms with Gasteiger partial charge in [0.05, 0.1) is 12.7 Å². The number of aliphatic hydroxyl groups excluding tert-OH is 1. The molecule has 0 bridgehead atoms. The number of ether oxygens (including phenoxy) is 2.